The van der Waals surface area contributed by atoms with E-state index in [0.29, 0.717) is 46.8 Å². The van der Waals surface area contributed by atoms with Gasteiger partial charge in [-0.05, 0) is 59.7 Å². The first-order valence-electron chi connectivity index (χ1n) is 15.0. The molecule has 3 aliphatic heterocycles. The number of hydrogen-bond acceptors (Lipinski definition) is 8. The van der Waals surface area contributed by atoms with Crippen LogP contribution in [-0.4, -0.2) is 56.2 Å². The highest BCUT2D eigenvalue weighted by atomic mass is 32.2. The third-order valence-electron chi connectivity index (χ3n) is 9.39. The van der Waals surface area contributed by atoms with Crippen molar-refractivity contribution < 1.29 is 27.9 Å². The molecule has 1 aliphatic carbocycles. The fraction of sp³-hybridized carbons (Fsp3) is 0.394. The molecule has 3 heterocycles. The van der Waals surface area contributed by atoms with Gasteiger partial charge in [0, 0.05) is 25.8 Å². The van der Waals surface area contributed by atoms with Gasteiger partial charge in [-0.2, -0.15) is 0 Å². The molecule has 0 saturated carbocycles. The summed E-state index contributed by atoms with van der Waals surface area (Å²) in [5, 5.41) is 14.5. The molecule has 0 aromatic heterocycles. The molecule has 0 fully saturated rings. The predicted molar refractivity (Wildman–Crippen MR) is 167 cm³/mol. The minimum atomic E-state index is -3.27. The lowest BCUT2D eigenvalue weighted by Gasteiger charge is -2.36. The number of carbonyl (C=O) groups is 2. The van der Waals surface area contributed by atoms with Crippen LogP contribution in [0.3, 0.4) is 0 Å². The summed E-state index contributed by atoms with van der Waals surface area (Å²) < 4.78 is 30.7. The van der Waals surface area contributed by atoms with E-state index in [1.54, 1.807) is 31.2 Å². The van der Waals surface area contributed by atoms with Gasteiger partial charge in [-0.15, -0.1) is 0 Å². The lowest BCUT2D eigenvalue weighted by molar-refractivity contribution is -0.163. The lowest BCUT2D eigenvalue weighted by atomic mass is 9.78. The first kappa shape index (κ1) is 29.6. The zero-order chi connectivity index (χ0) is 30.6. The maximum atomic E-state index is 13.8. The van der Waals surface area contributed by atoms with Crippen LogP contribution in [0.5, 0.6) is 0 Å². The summed E-state index contributed by atoms with van der Waals surface area (Å²) in [6.45, 7) is 6.81. The second-order valence-corrected chi connectivity index (χ2v) is 20.1. The number of esters is 1. The van der Waals surface area contributed by atoms with Crippen molar-refractivity contribution in [2.45, 2.75) is 74.8 Å². The summed E-state index contributed by atoms with van der Waals surface area (Å²) in [4.78, 5) is 28.6. The molecule has 2 N–H and O–H groups in total. The molecule has 0 radical (unpaired) electrons. The van der Waals surface area contributed by atoms with Crippen LogP contribution in [0, 0.1) is 0 Å². The topological polar surface area (TPSA) is 113 Å². The van der Waals surface area contributed by atoms with Crippen LogP contribution >= 0.6 is 0 Å². The second-order valence-electron chi connectivity index (χ2n) is 12.7. The molecule has 4 aliphatic rings. The lowest BCUT2D eigenvalue weighted by Crippen LogP contribution is -2.48. The third kappa shape index (κ3) is 5.30. The number of benzene rings is 2. The van der Waals surface area contributed by atoms with Gasteiger partial charge in [-0.1, -0.05) is 68.5 Å². The van der Waals surface area contributed by atoms with Crippen molar-refractivity contribution >= 4 is 35.7 Å². The monoisotopic (exact) mass is 618 g/mol. The van der Waals surface area contributed by atoms with Crippen LogP contribution in [-0.2, 0) is 37.1 Å². The van der Waals surface area contributed by atoms with E-state index >= 15 is 0 Å². The molecule has 43 heavy (non-hydrogen) atoms. The number of carbonyl (C=O) groups excluding carboxylic acids is 2. The Bertz CT molecular complexity index is 1710. The van der Waals surface area contributed by atoms with Crippen molar-refractivity contribution in [3.8, 4) is 0 Å². The van der Waals surface area contributed by atoms with Crippen molar-refractivity contribution in [2.24, 2.45) is 0 Å². The maximum Gasteiger partial charge on any atom is 0.342 e. The van der Waals surface area contributed by atoms with Gasteiger partial charge >= 0.3 is 5.97 Å². The molecule has 0 amide bonds. The molecule has 0 spiro atoms. The molecule has 2 aromatic rings. The number of allylic oxidation sites excluding steroid dienone is 2. The van der Waals surface area contributed by atoms with Crippen LogP contribution in [0.2, 0.25) is 25.2 Å². The van der Waals surface area contributed by atoms with E-state index < -0.39 is 29.5 Å². The first-order valence-corrected chi connectivity index (χ1v) is 20.0. The number of Topliss-reactive ketones (excluding diaryl/α,β-unsaturated/α-hetero) is 1. The molecule has 10 heteroatoms. The number of rotatable bonds is 9. The van der Waals surface area contributed by atoms with Crippen LogP contribution in [0.15, 0.2) is 81.8 Å². The summed E-state index contributed by atoms with van der Waals surface area (Å²) in [7, 11) is -4.95. The number of nitrogens with one attached hydrogen (secondary N) is 1. The number of ketones is 1. The van der Waals surface area contributed by atoms with Gasteiger partial charge in [0.25, 0.3) is 0 Å². The van der Waals surface area contributed by atoms with Gasteiger partial charge in [0.05, 0.1) is 17.2 Å². The number of aryl methyl sites for hydroxylation is 1. The Morgan fingerprint density at radius 1 is 1.07 bits per heavy atom. The van der Waals surface area contributed by atoms with Crippen molar-refractivity contribution in [3.63, 3.8) is 0 Å². The standard InChI is InChI=1S/C33H38N2O6SSi/c1-4-33(38)27-19-28-30(31(36)26(27)21-41-32(33)37)35-20-25-22(10-8-11-23(25)18-29(35)34-28)14-17-43(2,3)16-9-15-42(39,40)24-12-6-5-7-13-24/h5-8,10-13,18,34,38H,4,9,14-17,19-21H2,1-3H3/t33-/m0/s1. The van der Waals surface area contributed by atoms with Gasteiger partial charge in [0.15, 0.2) is 15.4 Å². The zero-order valence-electron chi connectivity index (χ0n) is 24.9. The number of sulfone groups is 1. The fourth-order valence-corrected chi connectivity index (χ4v) is 10.6. The number of cyclic esters (lactones) is 1. The largest absolute Gasteiger partial charge is 0.458 e. The summed E-state index contributed by atoms with van der Waals surface area (Å²) in [6, 6.07) is 17.0. The molecule has 0 bridgehead atoms. The third-order valence-corrected chi connectivity index (χ3v) is 14.5. The molecule has 0 unspecified atom stereocenters. The number of hydrogen-bond donors (Lipinski definition) is 2. The van der Waals surface area contributed by atoms with Gasteiger partial charge in [-0.3, -0.25) is 4.79 Å². The minimum absolute atomic E-state index is 0.118. The highest BCUT2D eigenvalue weighted by Crippen LogP contribution is 2.44. The highest BCUT2D eigenvalue weighted by Gasteiger charge is 2.51. The molecule has 1 atom stereocenters. The average Bonchev–Trinajstić information content (AvgIpc) is 3.35. The van der Waals surface area contributed by atoms with Crippen LogP contribution in [0.1, 0.15) is 42.9 Å². The van der Waals surface area contributed by atoms with E-state index in [4.69, 9.17) is 4.74 Å². The molecule has 226 valence electrons. The van der Waals surface area contributed by atoms with Crippen LogP contribution in [0.25, 0.3) is 6.08 Å². The van der Waals surface area contributed by atoms with Crippen LogP contribution in [0.4, 0.5) is 0 Å². The van der Waals surface area contributed by atoms with Crippen molar-refractivity contribution in [3.05, 3.63) is 93.6 Å². The van der Waals surface area contributed by atoms with Gasteiger partial charge in [0.2, 0.25) is 5.78 Å². The Hall–Kier alpha value is -3.47. The second kappa shape index (κ2) is 10.9. The van der Waals surface area contributed by atoms with Crippen LogP contribution < -0.4 is 5.32 Å². The minimum Gasteiger partial charge on any atom is -0.458 e. The number of aliphatic hydroxyl groups is 1. The molecular weight excluding hydrogens is 581 g/mol. The Labute approximate surface area is 254 Å². The number of ether oxygens (including phenoxy) is 1. The van der Waals surface area contributed by atoms with E-state index in [1.165, 1.54) is 11.1 Å². The summed E-state index contributed by atoms with van der Waals surface area (Å²) in [6.07, 6.45) is 4.07. The predicted octanol–water partition coefficient (Wildman–Crippen LogP) is 4.70. The Morgan fingerprint density at radius 2 is 1.84 bits per heavy atom. The Kier molecular flexibility index (Phi) is 7.51. The van der Waals surface area contributed by atoms with E-state index in [-0.39, 0.29) is 24.6 Å². The summed E-state index contributed by atoms with van der Waals surface area (Å²) in [5.41, 5.74) is 3.87. The maximum absolute atomic E-state index is 13.8. The first-order chi connectivity index (χ1) is 20.4. The van der Waals surface area contributed by atoms with Crippen molar-refractivity contribution in [2.75, 3.05) is 12.4 Å². The highest BCUT2D eigenvalue weighted by molar-refractivity contribution is 7.91. The number of nitrogens with zero attached hydrogens (tertiary/aromatic N) is 1. The molecule has 8 nitrogen and oxygen atoms in total. The van der Waals surface area contributed by atoms with E-state index in [2.05, 4.69) is 42.7 Å². The van der Waals surface area contributed by atoms with Gasteiger partial charge in [0.1, 0.15) is 18.1 Å². The normalized spacial score (nSPS) is 21.5. The summed E-state index contributed by atoms with van der Waals surface area (Å²) in [5.74, 6) is 0.0973. The van der Waals surface area contributed by atoms with E-state index in [0.717, 1.165) is 29.9 Å². The van der Waals surface area contributed by atoms with Gasteiger partial charge in [-0.25, -0.2) is 13.2 Å². The Morgan fingerprint density at radius 3 is 2.58 bits per heavy atom. The van der Waals surface area contributed by atoms with Crippen molar-refractivity contribution in [1.29, 1.82) is 0 Å². The quantitative estimate of drug-likeness (QED) is 0.307. The molecule has 6 rings (SSSR count). The number of fused-ring (bicyclic) bond motifs is 3. The van der Waals surface area contributed by atoms with Gasteiger partial charge < -0.3 is 20.1 Å². The Balaban J connectivity index is 1.15. The van der Waals surface area contributed by atoms with E-state index in [9.17, 15) is 23.1 Å². The molecular formula is C33H38N2O6SSi. The average molecular weight is 619 g/mol. The molecule has 0 saturated heterocycles. The fourth-order valence-electron chi connectivity index (χ4n) is 6.69. The molecule has 2 aromatic carbocycles. The SMILES string of the molecule is CC[C@@]1(O)C(=O)OCC2=C1CC1=C(C2=O)N2Cc3c(cccc3CC[Si](C)(C)CCCS(=O)(=O)c3ccccc3)C=C2N1. The summed E-state index contributed by atoms with van der Waals surface area (Å²) >= 11 is 0. The van der Waals surface area contributed by atoms with Crippen molar-refractivity contribution in [1.82, 2.24) is 10.2 Å². The zero-order valence-corrected chi connectivity index (χ0v) is 26.7. The smallest absolute Gasteiger partial charge is 0.342 e. The van der Waals surface area contributed by atoms with E-state index in [1.807, 2.05) is 11.0 Å².